The molecule has 0 aliphatic heterocycles. The number of carbonyl (C=O) groups is 1. The molecule has 0 saturated carbocycles. The van der Waals surface area contributed by atoms with Crippen LogP contribution in [0.4, 0.5) is 11.4 Å². The third-order valence-electron chi connectivity index (χ3n) is 3.59. The molecule has 0 aliphatic carbocycles. The highest BCUT2D eigenvalue weighted by atomic mass is 35.5. The zero-order valence-corrected chi connectivity index (χ0v) is 15.2. The van der Waals surface area contributed by atoms with E-state index in [1.165, 1.54) is 6.07 Å². The first-order chi connectivity index (χ1) is 13.1. The molecule has 136 valence electrons. The second kappa shape index (κ2) is 8.42. The molecule has 0 atom stereocenters. The first-order valence-corrected chi connectivity index (χ1v) is 8.59. The Morgan fingerprint density at radius 1 is 1.11 bits per heavy atom. The number of rotatable bonds is 5. The number of ether oxygens (including phenoxy) is 1. The number of hydrogen-bond acceptors (Lipinski definition) is 6. The van der Waals surface area contributed by atoms with Crippen LogP contribution < -0.4 is 5.55 Å². The van der Waals surface area contributed by atoms with Crippen molar-refractivity contribution in [2.45, 2.75) is 6.92 Å². The average molecular weight is 382 g/mol. The summed E-state index contributed by atoms with van der Waals surface area (Å²) in [4.78, 5) is 12.1. The summed E-state index contributed by atoms with van der Waals surface area (Å²) in [5, 5.41) is 17.0. The lowest BCUT2D eigenvalue weighted by Gasteiger charge is -2.07. The minimum atomic E-state index is -0.648. The fourth-order valence-electron chi connectivity index (χ4n) is 2.33. The van der Waals surface area contributed by atoms with E-state index in [0.29, 0.717) is 27.7 Å². The third-order valence-corrected chi connectivity index (χ3v) is 3.85. The average Bonchev–Trinajstić information content (AvgIpc) is 2.68. The lowest BCUT2D eigenvalue weighted by atomic mass is 10.1. The van der Waals surface area contributed by atoms with Crippen molar-refractivity contribution in [1.29, 1.82) is 5.41 Å². The lowest BCUT2D eigenvalue weighted by molar-refractivity contribution is 0.0520. The van der Waals surface area contributed by atoms with Crippen LogP contribution in [0.5, 0.6) is 0 Å². The minimum Gasteiger partial charge on any atom is -0.462 e. The molecule has 1 N–H and O–H groups in total. The fourth-order valence-corrected chi connectivity index (χ4v) is 2.45. The normalized spacial score (nSPS) is 10.9. The van der Waals surface area contributed by atoms with Gasteiger partial charge in [0.25, 0.3) is 0 Å². The highest BCUT2D eigenvalue weighted by Crippen LogP contribution is 2.32. The second-order valence-electron chi connectivity index (χ2n) is 5.47. The summed E-state index contributed by atoms with van der Waals surface area (Å²) in [6, 6.07) is 17.5. The minimum absolute atomic E-state index is 0.0171. The zero-order chi connectivity index (χ0) is 19.2. The van der Waals surface area contributed by atoms with Crippen LogP contribution in [-0.2, 0) is 4.74 Å². The number of halogens is 1. The van der Waals surface area contributed by atoms with Crippen molar-refractivity contribution >= 4 is 28.9 Å². The van der Waals surface area contributed by atoms with E-state index in [1.54, 1.807) is 43.3 Å². The Bertz CT molecular complexity index is 1030. The van der Waals surface area contributed by atoms with E-state index in [4.69, 9.17) is 26.2 Å². The van der Waals surface area contributed by atoms with Gasteiger partial charge in [-0.2, -0.15) is 5.11 Å². The number of esters is 1. The Labute approximate surface area is 160 Å². The number of hydrogen-bond donors (Lipinski definition) is 1. The number of carbonyl (C=O) groups excluding carboxylic acids is 1. The fraction of sp³-hybridized carbons (Fsp3) is 0.100. The zero-order valence-electron chi connectivity index (χ0n) is 14.5. The molecule has 3 rings (SSSR count). The lowest BCUT2D eigenvalue weighted by Crippen LogP contribution is -2.16. The van der Waals surface area contributed by atoms with Gasteiger partial charge in [-0.15, -0.1) is 5.11 Å². The Morgan fingerprint density at radius 2 is 1.81 bits per heavy atom. The van der Waals surface area contributed by atoms with Gasteiger partial charge in [-0.25, -0.2) is 4.79 Å². The van der Waals surface area contributed by atoms with E-state index in [2.05, 4.69) is 10.2 Å². The van der Waals surface area contributed by atoms with Gasteiger partial charge in [0.05, 0.1) is 12.3 Å². The maximum atomic E-state index is 12.1. The van der Waals surface area contributed by atoms with Crippen molar-refractivity contribution in [1.82, 2.24) is 0 Å². The van der Waals surface area contributed by atoms with Gasteiger partial charge in [0.2, 0.25) is 5.55 Å². The van der Waals surface area contributed by atoms with Crippen molar-refractivity contribution in [2.24, 2.45) is 10.2 Å². The van der Waals surface area contributed by atoms with Gasteiger partial charge in [-0.05, 0) is 49.4 Å². The molecule has 1 heterocycles. The molecular weight excluding hydrogens is 366 g/mol. The van der Waals surface area contributed by atoms with Crippen LogP contribution in [-0.4, -0.2) is 12.6 Å². The van der Waals surface area contributed by atoms with Gasteiger partial charge >= 0.3 is 5.97 Å². The maximum absolute atomic E-state index is 12.1. The molecule has 0 radical (unpaired) electrons. The van der Waals surface area contributed by atoms with Crippen LogP contribution in [0.25, 0.3) is 11.3 Å². The molecule has 3 aromatic rings. The number of nitrogens with one attached hydrogen (secondary N) is 1. The van der Waals surface area contributed by atoms with E-state index >= 15 is 0 Å². The largest absolute Gasteiger partial charge is 0.462 e. The van der Waals surface area contributed by atoms with Gasteiger partial charge in [-0.1, -0.05) is 29.8 Å². The monoisotopic (exact) mass is 381 g/mol. The highest BCUT2D eigenvalue weighted by Gasteiger charge is 2.17. The molecule has 0 fully saturated rings. The molecule has 2 aromatic carbocycles. The van der Waals surface area contributed by atoms with E-state index in [9.17, 15) is 4.79 Å². The van der Waals surface area contributed by atoms with Crippen molar-refractivity contribution < 1.29 is 13.9 Å². The number of azo groups is 1. The van der Waals surface area contributed by atoms with Gasteiger partial charge < -0.3 is 9.15 Å². The molecule has 0 bridgehead atoms. The third kappa shape index (κ3) is 4.48. The molecule has 0 unspecified atom stereocenters. The number of benzene rings is 2. The molecule has 6 nitrogen and oxygen atoms in total. The molecule has 0 amide bonds. The van der Waals surface area contributed by atoms with Crippen LogP contribution in [0, 0.1) is 5.41 Å². The standard InChI is InChI=1S/C20H16ClN3O3/c1-2-26-20(25)16-12-17(24-23-15-6-4-3-5-7-15)18(27-19(16)22)13-8-10-14(21)11-9-13/h3-12,22H,2H2,1H3. The van der Waals surface area contributed by atoms with E-state index in [1.807, 2.05) is 18.2 Å². The Morgan fingerprint density at radius 3 is 2.48 bits per heavy atom. The van der Waals surface area contributed by atoms with Gasteiger partial charge in [-0.3, -0.25) is 5.41 Å². The molecule has 0 aliphatic rings. The summed E-state index contributed by atoms with van der Waals surface area (Å²) >= 11 is 5.94. The molecule has 7 heteroatoms. The van der Waals surface area contributed by atoms with Gasteiger partial charge in [0.1, 0.15) is 11.3 Å². The van der Waals surface area contributed by atoms with Crippen LogP contribution in [0.15, 0.2) is 75.3 Å². The van der Waals surface area contributed by atoms with E-state index in [0.717, 1.165) is 0 Å². The van der Waals surface area contributed by atoms with Crippen molar-refractivity contribution in [2.75, 3.05) is 6.61 Å². The summed E-state index contributed by atoms with van der Waals surface area (Å²) in [6.07, 6.45) is 0. The van der Waals surface area contributed by atoms with Crippen LogP contribution >= 0.6 is 11.6 Å². The Hall–Kier alpha value is -3.25. The second-order valence-corrected chi connectivity index (χ2v) is 5.90. The summed E-state index contributed by atoms with van der Waals surface area (Å²) in [6.45, 7) is 1.88. The summed E-state index contributed by atoms with van der Waals surface area (Å²) in [5.74, 6) is -0.338. The van der Waals surface area contributed by atoms with E-state index in [-0.39, 0.29) is 17.7 Å². The summed E-state index contributed by atoms with van der Waals surface area (Å²) in [5.41, 5.74) is 1.28. The molecule has 1 aromatic heterocycles. The van der Waals surface area contributed by atoms with Crippen molar-refractivity contribution in [3.63, 3.8) is 0 Å². The summed E-state index contributed by atoms with van der Waals surface area (Å²) in [7, 11) is 0. The smallest absolute Gasteiger partial charge is 0.343 e. The van der Waals surface area contributed by atoms with Crippen LogP contribution in [0.3, 0.4) is 0 Å². The predicted octanol–water partition coefficient (Wildman–Crippen LogP) is 5.67. The molecular formula is C20H16ClN3O3. The SMILES string of the molecule is CCOC(=O)c1cc(N=Nc2ccccc2)c(-c2ccc(Cl)cc2)oc1=N. The summed E-state index contributed by atoms with van der Waals surface area (Å²) < 4.78 is 10.6. The van der Waals surface area contributed by atoms with Gasteiger partial charge in [0, 0.05) is 10.6 Å². The van der Waals surface area contributed by atoms with Gasteiger partial charge in [0.15, 0.2) is 5.76 Å². The topological polar surface area (TPSA) is 88.0 Å². The first kappa shape index (κ1) is 18.5. The molecule has 0 spiro atoms. The van der Waals surface area contributed by atoms with E-state index < -0.39 is 5.97 Å². The van der Waals surface area contributed by atoms with Crippen molar-refractivity contribution in [3.8, 4) is 11.3 Å². The molecule has 0 saturated heterocycles. The molecule has 27 heavy (non-hydrogen) atoms. The predicted molar refractivity (Wildman–Crippen MR) is 102 cm³/mol. The van der Waals surface area contributed by atoms with Crippen LogP contribution in [0.1, 0.15) is 17.3 Å². The Balaban J connectivity index is 2.12. The first-order valence-electron chi connectivity index (χ1n) is 8.21. The maximum Gasteiger partial charge on any atom is 0.343 e. The van der Waals surface area contributed by atoms with Crippen molar-refractivity contribution in [3.05, 3.63) is 76.8 Å². The Kier molecular flexibility index (Phi) is 5.78. The highest BCUT2D eigenvalue weighted by molar-refractivity contribution is 6.30. The van der Waals surface area contributed by atoms with Crippen LogP contribution in [0.2, 0.25) is 5.02 Å². The quantitative estimate of drug-likeness (QED) is 0.456. The number of nitrogens with zero attached hydrogens (tertiary/aromatic N) is 2.